The zero-order chi connectivity index (χ0) is 20.4. The molecular formula is C25H34N2O. The second-order valence-electron chi connectivity index (χ2n) is 6.58. The van der Waals surface area contributed by atoms with Crippen molar-refractivity contribution in [1.29, 1.82) is 0 Å². The number of nitrogens with zero attached hydrogens (tertiary/aromatic N) is 2. The minimum Gasteiger partial charge on any atom is -0.372 e. The number of rotatable bonds is 2. The van der Waals surface area contributed by atoms with Crippen LogP contribution in [0.4, 0.5) is 5.69 Å². The molecule has 3 nitrogen and oxygen atoms in total. The van der Waals surface area contributed by atoms with Gasteiger partial charge in [-0.2, -0.15) is 0 Å². The van der Waals surface area contributed by atoms with E-state index in [9.17, 15) is 4.79 Å². The third kappa shape index (κ3) is 5.09. The average molecular weight is 379 g/mol. The quantitative estimate of drug-likeness (QED) is 0.627. The maximum Gasteiger partial charge on any atom is 0.184 e. The molecule has 0 aromatic heterocycles. The van der Waals surface area contributed by atoms with Crippen LogP contribution in [0.1, 0.15) is 74.9 Å². The molecule has 0 spiro atoms. The predicted molar refractivity (Wildman–Crippen MR) is 121 cm³/mol. The van der Waals surface area contributed by atoms with E-state index < -0.39 is 0 Å². The van der Waals surface area contributed by atoms with Crippen LogP contribution in [-0.4, -0.2) is 31.1 Å². The summed E-state index contributed by atoms with van der Waals surface area (Å²) in [6.45, 7) is 10.6. The Kier molecular flexibility index (Phi) is 8.93. The molecule has 3 heteroatoms. The first-order valence-electron chi connectivity index (χ1n) is 10.9. The molecule has 28 heavy (non-hydrogen) atoms. The van der Waals surface area contributed by atoms with Gasteiger partial charge in [0.15, 0.2) is 5.78 Å². The number of hydrogen-bond acceptors (Lipinski definition) is 3. The third-order valence-corrected chi connectivity index (χ3v) is 4.98. The molecule has 2 aromatic rings. The average Bonchev–Trinajstić information content (AvgIpc) is 3.07. The molecule has 2 aromatic carbocycles. The zero-order valence-electron chi connectivity index (χ0n) is 17.9. The fourth-order valence-electron chi connectivity index (χ4n) is 3.66. The maximum atomic E-state index is 12.0. The number of anilines is 1. The number of aliphatic imine (C=N–C) groups is 1. The molecular weight excluding hydrogens is 344 g/mol. The molecule has 2 aliphatic rings. The van der Waals surface area contributed by atoms with Crippen LogP contribution in [0.2, 0.25) is 0 Å². The van der Waals surface area contributed by atoms with Crippen LogP contribution >= 0.6 is 0 Å². The van der Waals surface area contributed by atoms with Crippen molar-refractivity contribution in [3.63, 3.8) is 0 Å². The minimum atomic E-state index is 0.107. The Morgan fingerprint density at radius 3 is 1.93 bits per heavy atom. The highest BCUT2D eigenvalue weighted by Crippen LogP contribution is 2.24. The number of carbonyl (C=O) groups excluding carboxylic acids is 1. The Hall–Kier alpha value is -2.42. The van der Waals surface area contributed by atoms with Crippen molar-refractivity contribution in [3.05, 3.63) is 65.2 Å². The van der Waals surface area contributed by atoms with Gasteiger partial charge in [0.05, 0.1) is 5.71 Å². The van der Waals surface area contributed by atoms with Crippen molar-refractivity contribution in [1.82, 2.24) is 0 Å². The summed E-state index contributed by atoms with van der Waals surface area (Å²) in [6.07, 6.45) is 5.25. The molecule has 1 fully saturated rings. The lowest BCUT2D eigenvalue weighted by Gasteiger charge is -2.23. The lowest BCUT2D eigenvalue weighted by molar-refractivity contribution is 0.1000. The molecule has 0 N–H and O–H groups in total. The summed E-state index contributed by atoms with van der Waals surface area (Å²) >= 11 is 0. The summed E-state index contributed by atoms with van der Waals surface area (Å²) in [5.74, 6) is 0.107. The van der Waals surface area contributed by atoms with Gasteiger partial charge in [0, 0.05) is 35.5 Å². The van der Waals surface area contributed by atoms with E-state index >= 15 is 0 Å². The summed E-state index contributed by atoms with van der Waals surface area (Å²) in [6, 6.07) is 16.5. The molecule has 2 heterocycles. The SMILES string of the molecule is CC.CC.O=C1CN=C(c2ccc(N3CCCCCC3)cc2)c2ccccc21. The number of fused-ring (bicyclic) bond motifs is 1. The number of Topliss-reactive ketones (excluding diaryl/α,β-unsaturated/α-hetero) is 1. The van der Waals surface area contributed by atoms with E-state index in [4.69, 9.17) is 0 Å². The Morgan fingerprint density at radius 1 is 0.750 bits per heavy atom. The summed E-state index contributed by atoms with van der Waals surface area (Å²) in [5.41, 5.74) is 5.07. The second-order valence-corrected chi connectivity index (χ2v) is 6.58. The van der Waals surface area contributed by atoms with Crippen molar-refractivity contribution < 1.29 is 4.79 Å². The number of benzene rings is 2. The third-order valence-electron chi connectivity index (χ3n) is 4.98. The molecule has 0 radical (unpaired) electrons. The van der Waals surface area contributed by atoms with E-state index in [-0.39, 0.29) is 12.3 Å². The van der Waals surface area contributed by atoms with E-state index in [1.54, 1.807) is 0 Å². The Balaban J connectivity index is 0.000000660. The molecule has 0 aliphatic carbocycles. The normalized spacial score (nSPS) is 15.8. The highest BCUT2D eigenvalue weighted by Gasteiger charge is 2.21. The molecule has 1 saturated heterocycles. The Bertz CT molecular complexity index is 769. The molecule has 2 aliphatic heterocycles. The molecule has 0 bridgehead atoms. The van der Waals surface area contributed by atoms with E-state index in [1.807, 2.05) is 52.0 Å². The summed E-state index contributed by atoms with van der Waals surface area (Å²) in [5, 5.41) is 0. The lowest BCUT2D eigenvalue weighted by Crippen LogP contribution is -2.24. The predicted octanol–water partition coefficient (Wildman–Crippen LogP) is 6.15. The summed E-state index contributed by atoms with van der Waals surface area (Å²) in [4.78, 5) is 19.1. The zero-order valence-corrected chi connectivity index (χ0v) is 17.9. The van der Waals surface area contributed by atoms with Gasteiger partial charge >= 0.3 is 0 Å². The van der Waals surface area contributed by atoms with Gasteiger partial charge in [-0.25, -0.2) is 0 Å². The highest BCUT2D eigenvalue weighted by atomic mass is 16.1. The van der Waals surface area contributed by atoms with Gasteiger partial charge in [0.1, 0.15) is 6.54 Å². The fourth-order valence-corrected chi connectivity index (χ4v) is 3.66. The smallest absolute Gasteiger partial charge is 0.184 e. The fraction of sp³-hybridized carbons (Fsp3) is 0.440. The van der Waals surface area contributed by atoms with Crippen molar-refractivity contribution in [2.75, 3.05) is 24.5 Å². The van der Waals surface area contributed by atoms with Crippen molar-refractivity contribution >= 4 is 17.2 Å². The van der Waals surface area contributed by atoms with Gasteiger partial charge < -0.3 is 4.90 Å². The first-order valence-corrected chi connectivity index (χ1v) is 10.9. The highest BCUT2D eigenvalue weighted by molar-refractivity contribution is 6.21. The maximum absolute atomic E-state index is 12.0. The lowest BCUT2D eigenvalue weighted by atomic mass is 9.92. The van der Waals surface area contributed by atoms with Crippen LogP contribution in [0, 0.1) is 0 Å². The van der Waals surface area contributed by atoms with Crippen LogP contribution in [0.25, 0.3) is 0 Å². The van der Waals surface area contributed by atoms with Crippen molar-refractivity contribution in [2.45, 2.75) is 53.4 Å². The van der Waals surface area contributed by atoms with Crippen LogP contribution in [0.15, 0.2) is 53.5 Å². The van der Waals surface area contributed by atoms with E-state index in [0.717, 1.165) is 35.5 Å². The van der Waals surface area contributed by atoms with E-state index in [0.29, 0.717) is 0 Å². The van der Waals surface area contributed by atoms with Gasteiger partial charge in [-0.3, -0.25) is 9.79 Å². The largest absolute Gasteiger partial charge is 0.372 e. The molecule has 150 valence electrons. The van der Waals surface area contributed by atoms with Gasteiger partial charge in [-0.05, 0) is 25.0 Å². The van der Waals surface area contributed by atoms with Crippen LogP contribution in [0.5, 0.6) is 0 Å². The van der Waals surface area contributed by atoms with Crippen LogP contribution in [-0.2, 0) is 0 Å². The van der Waals surface area contributed by atoms with E-state index in [1.165, 1.54) is 31.4 Å². The van der Waals surface area contributed by atoms with Crippen molar-refractivity contribution in [2.24, 2.45) is 4.99 Å². The van der Waals surface area contributed by atoms with Gasteiger partial charge in [-0.1, -0.05) is 76.9 Å². The van der Waals surface area contributed by atoms with Crippen molar-refractivity contribution in [3.8, 4) is 0 Å². The molecule has 0 unspecified atom stereocenters. The molecule has 4 rings (SSSR count). The van der Waals surface area contributed by atoms with E-state index in [2.05, 4.69) is 34.2 Å². The second kappa shape index (κ2) is 11.4. The van der Waals surface area contributed by atoms with Gasteiger partial charge in [0.2, 0.25) is 0 Å². The van der Waals surface area contributed by atoms with Crippen LogP contribution in [0.3, 0.4) is 0 Å². The molecule has 0 amide bonds. The number of hydrogen-bond donors (Lipinski definition) is 0. The summed E-state index contributed by atoms with van der Waals surface area (Å²) in [7, 11) is 0. The monoisotopic (exact) mass is 378 g/mol. The Morgan fingerprint density at radius 2 is 1.32 bits per heavy atom. The minimum absolute atomic E-state index is 0.107. The van der Waals surface area contributed by atoms with Crippen LogP contribution < -0.4 is 4.90 Å². The summed E-state index contributed by atoms with van der Waals surface area (Å²) < 4.78 is 0. The number of ketones is 1. The number of carbonyl (C=O) groups is 1. The first-order chi connectivity index (χ1) is 13.8. The van der Waals surface area contributed by atoms with Gasteiger partial charge in [-0.15, -0.1) is 0 Å². The molecule has 0 saturated carbocycles. The topological polar surface area (TPSA) is 32.7 Å². The first kappa shape index (κ1) is 21.9. The Labute approximate surface area is 170 Å². The molecule has 0 atom stereocenters. The van der Waals surface area contributed by atoms with Gasteiger partial charge in [0.25, 0.3) is 0 Å². The standard InChI is InChI=1S/C21H22N2O.2C2H6/c24-20-15-22-21(19-8-4-3-7-18(19)20)16-9-11-17(12-10-16)23-13-5-1-2-6-14-23;2*1-2/h3-4,7-12H,1-2,5-6,13-15H2;2*1-2H3.